The first-order valence-electron chi connectivity index (χ1n) is 4.58. The molecule has 1 unspecified atom stereocenters. The van der Waals surface area contributed by atoms with Crippen molar-refractivity contribution >= 4 is 5.97 Å². The second kappa shape index (κ2) is 6.98. The number of benzene rings is 1. The molecule has 1 aromatic rings. The third-order valence-electron chi connectivity index (χ3n) is 1.77. The van der Waals surface area contributed by atoms with E-state index in [4.69, 9.17) is 10.2 Å². The van der Waals surface area contributed by atoms with Gasteiger partial charge in [0.25, 0.3) is 0 Å². The van der Waals surface area contributed by atoms with Gasteiger partial charge in [-0.2, -0.15) is 0 Å². The van der Waals surface area contributed by atoms with E-state index in [-0.39, 0.29) is 6.23 Å². The lowest BCUT2D eigenvalue weighted by atomic mass is 10.2. The zero-order chi connectivity index (χ0) is 11.8. The number of hydrogen-bond donors (Lipinski definition) is 2. The van der Waals surface area contributed by atoms with Gasteiger partial charge >= 0.3 is 5.97 Å². The average molecular weight is 211 g/mol. The van der Waals surface area contributed by atoms with Crippen molar-refractivity contribution in [2.75, 3.05) is 14.1 Å². The van der Waals surface area contributed by atoms with Crippen LogP contribution in [0.3, 0.4) is 0 Å². The third-order valence-corrected chi connectivity index (χ3v) is 1.77. The van der Waals surface area contributed by atoms with Crippen LogP contribution in [0, 0.1) is 0 Å². The molecule has 0 aromatic heterocycles. The molecule has 0 aliphatic carbocycles. The minimum Gasteiger partial charge on any atom is -0.478 e. The van der Waals surface area contributed by atoms with Crippen molar-refractivity contribution in [2.45, 2.75) is 13.2 Å². The lowest BCUT2D eigenvalue weighted by Crippen LogP contribution is -2.23. The van der Waals surface area contributed by atoms with E-state index in [1.54, 1.807) is 42.2 Å². The van der Waals surface area contributed by atoms with Crippen LogP contribution in [-0.4, -0.2) is 41.4 Å². The van der Waals surface area contributed by atoms with E-state index in [1.165, 1.54) is 0 Å². The van der Waals surface area contributed by atoms with Crippen LogP contribution in [0.25, 0.3) is 0 Å². The van der Waals surface area contributed by atoms with Crippen LogP contribution in [-0.2, 0) is 0 Å². The van der Waals surface area contributed by atoms with Gasteiger partial charge in [0.2, 0.25) is 0 Å². The monoisotopic (exact) mass is 211 g/mol. The van der Waals surface area contributed by atoms with E-state index in [9.17, 15) is 4.79 Å². The molecule has 0 aliphatic rings. The van der Waals surface area contributed by atoms with E-state index in [1.807, 2.05) is 14.1 Å². The molecule has 0 fully saturated rings. The largest absolute Gasteiger partial charge is 0.478 e. The van der Waals surface area contributed by atoms with Gasteiger partial charge in [-0.25, -0.2) is 4.79 Å². The molecule has 0 heterocycles. The fraction of sp³-hybridized carbons (Fsp3) is 0.364. The van der Waals surface area contributed by atoms with Gasteiger partial charge in [0, 0.05) is 0 Å². The number of carboxylic acid groups (broad SMARTS) is 1. The van der Waals surface area contributed by atoms with E-state index in [0.29, 0.717) is 5.56 Å². The van der Waals surface area contributed by atoms with Crippen LogP contribution < -0.4 is 0 Å². The van der Waals surface area contributed by atoms with Crippen molar-refractivity contribution in [3.63, 3.8) is 0 Å². The van der Waals surface area contributed by atoms with Crippen molar-refractivity contribution in [3.8, 4) is 0 Å². The molecule has 0 bridgehead atoms. The summed E-state index contributed by atoms with van der Waals surface area (Å²) in [4.78, 5) is 11.9. The van der Waals surface area contributed by atoms with E-state index in [2.05, 4.69) is 0 Å². The molecule has 0 radical (unpaired) electrons. The van der Waals surface area contributed by atoms with Crippen molar-refractivity contribution < 1.29 is 15.0 Å². The van der Waals surface area contributed by atoms with Crippen LogP contribution >= 0.6 is 0 Å². The highest BCUT2D eigenvalue weighted by Crippen LogP contribution is 1.96. The zero-order valence-electron chi connectivity index (χ0n) is 9.21. The summed E-state index contributed by atoms with van der Waals surface area (Å²) >= 11 is 0. The molecule has 1 rings (SSSR count). The van der Waals surface area contributed by atoms with Crippen molar-refractivity contribution in [3.05, 3.63) is 35.9 Å². The van der Waals surface area contributed by atoms with E-state index < -0.39 is 5.97 Å². The number of aliphatic hydroxyl groups is 1. The van der Waals surface area contributed by atoms with Crippen molar-refractivity contribution in [2.24, 2.45) is 0 Å². The molecule has 2 N–H and O–H groups in total. The molecule has 1 aromatic carbocycles. The Labute approximate surface area is 89.8 Å². The quantitative estimate of drug-likeness (QED) is 0.723. The maximum absolute atomic E-state index is 10.2. The summed E-state index contributed by atoms with van der Waals surface area (Å²) in [7, 11) is 3.65. The fourth-order valence-electron chi connectivity index (χ4n) is 0.581. The summed E-state index contributed by atoms with van der Waals surface area (Å²) in [6, 6.07) is 8.30. The summed E-state index contributed by atoms with van der Waals surface area (Å²) in [5.41, 5.74) is 0.331. The van der Waals surface area contributed by atoms with Gasteiger partial charge in [-0.3, -0.25) is 4.90 Å². The highest BCUT2D eigenvalue weighted by molar-refractivity contribution is 5.87. The van der Waals surface area contributed by atoms with Crippen LogP contribution in [0.1, 0.15) is 17.3 Å². The third kappa shape index (κ3) is 6.65. The summed E-state index contributed by atoms with van der Waals surface area (Å²) in [5.74, 6) is -0.879. The van der Waals surface area contributed by atoms with Crippen LogP contribution in [0.5, 0.6) is 0 Å². The molecule has 1 atom stereocenters. The maximum Gasteiger partial charge on any atom is 0.335 e. The highest BCUT2D eigenvalue weighted by Gasteiger charge is 1.96. The molecule has 0 spiro atoms. The van der Waals surface area contributed by atoms with E-state index in [0.717, 1.165) is 0 Å². The molecule has 0 amide bonds. The predicted molar refractivity (Wildman–Crippen MR) is 58.8 cm³/mol. The van der Waals surface area contributed by atoms with Gasteiger partial charge in [0.05, 0.1) is 5.56 Å². The molecule has 15 heavy (non-hydrogen) atoms. The van der Waals surface area contributed by atoms with Gasteiger partial charge < -0.3 is 10.2 Å². The number of nitrogens with zero attached hydrogens (tertiary/aromatic N) is 1. The predicted octanol–water partition coefficient (Wildman–Crippen LogP) is 1.27. The van der Waals surface area contributed by atoms with Gasteiger partial charge in [-0.15, -0.1) is 0 Å². The van der Waals surface area contributed by atoms with Crippen molar-refractivity contribution in [1.29, 1.82) is 0 Å². The Balaban J connectivity index is 0.000000288. The minimum absolute atomic E-state index is 0.315. The van der Waals surface area contributed by atoms with Gasteiger partial charge in [-0.05, 0) is 33.2 Å². The Morgan fingerprint density at radius 3 is 1.87 bits per heavy atom. The number of carbonyl (C=O) groups is 1. The first-order chi connectivity index (χ1) is 6.95. The Morgan fingerprint density at radius 2 is 1.67 bits per heavy atom. The van der Waals surface area contributed by atoms with Crippen LogP contribution in [0.4, 0.5) is 0 Å². The number of carboxylic acids is 1. The highest BCUT2D eigenvalue weighted by atomic mass is 16.4. The first-order valence-corrected chi connectivity index (χ1v) is 4.58. The summed E-state index contributed by atoms with van der Waals surface area (Å²) in [6.45, 7) is 1.72. The SMILES string of the molecule is CC(O)N(C)C.O=C(O)c1ccccc1. The molecular formula is C11H17NO3. The number of aliphatic hydroxyl groups excluding tert-OH is 1. The molecule has 0 saturated carbocycles. The first kappa shape index (κ1) is 13.6. The lowest BCUT2D eigenvalue weighted by molar-refractivity contribution is 0.0578. The maximum atomic E-state index is 10.2. The zero-order valence-corrected chi connectivity index (χ0v) is 9.21. The summed E-state index contributed by atoms with van der Waals surface area (Å²) in [5, 5.41) is 16.9. The standard InChI is InChI=1S/C7H6O2.C4H11NO/c8-7(9)6-4-2-1-3-5-6;1-4(6)5(2)3/h1-5H,(H,8,9);4,6H,1-3H3. The topological polar surface area (TPSA) is 60.8 Å². The average Bonchev–Trinajstić information content (AvgIpc) is 2.20. The summed E-state index contributed by atoms with van der Waals surface area (Å²) in [6.07, 6.45) is -0.315. The number of aromatic carboxylic acids is 1. The van der Waals surface area contributed by atoms with E-state index >= 15 is 0 Å². The number of hydrogen-bond acceptors (Lipinski definition) is 3. The molecular weight excluding hydrogens is 194 g/mol. The second-order valence-corrected chi connectivity index (χ2v) is 3.27. The van der Waals surface area contributed by atoms with Crippen LogP contribution in [0.2, 0.25) is 0 Å². The second-order valence-electron chi connectivity index (χ2n) is 3.27. The lowest BCUT2D eigenvalue weighted by Gasteiger charge is -2.11. The Kier molecular flexibility index (Phi) is 6.33. The van der Waals surface area contributed by atoms with Gasteiger partial charge in [-0.1, -0.05) is 18.2 Å². The number of rotatable bonds is 2. The molecule has 4 heteroatoms. The Bertz CT molecular complexity index is 277. The fourth-order valence-corrected chi connectivity index (χ4v) is 0.581. The molecule has 0 aliphatic heterocycles. The summed E-state index contributed by atoms with van der Waals surface area (Å²) < 4.78 is 0. The van der Waals surface area contributed by atoms with Crippen LogP contribution in [0.15, 0.2) is 30.3 Å². The Morgan fingerprint density at radius 1 is 1.27 bits per heavy atom. The normalized spacial score (nSPS) is 11.5. The smallest absolute Gasteiger partial charge is 0.335 e. The Hall–Kier alpha value is -1.39. The molecule has 4 nitrogen and oxygen atoms in total. The molecule has 84 valence electrons. The van der Waals surface area contributed by atoms with Gasteiger partial charge in [0.1, 0.15) is 6.23 Å². The van der Waals surface area contributed by atoms with Crippen molar-refractivity contribution in [1.82, 2.24) is 4.90 Å². The van der Waals surface area contributed by atoms with Gasteiger partial charge in [0.15, 0.2) is 0 Å². The molecule has 0 saturated heterocycles. The minimum atomic E-state index is -0.879.